The number of phenolic OH excluding ortho intramolecular Hbond substituents is 4. The van der Waals surface area contributed by atoms with Gasteiger partial charge in [-0.2, -0.15) is 0 Å². The molecule has 0 saturated carbocycles. The Balaban J connectivity index is 1.62. The van der Waals surface area contributed by atoms with Crippen LogP contribution in [0.15, 0.2) is 42.5 Å². The number of aliphatic hydroxyl groups excluding tert-OH is 3. The van der Waals surface area contributed by atoms with Gasteiger partial charge in [-0.25, -0.2) is 4.79 Å². The molecule has 5 atom stereocenters. The predicted molar refractivity (Wildman–Crippen MR) is 116 cm³/mol. The maximum atomic E-state index is 12.3. The van der Waals surface area contributed by atoms with Crippen molar-refractivity contribution in [2.75, 3.05) is 13.2 Å². The van der Waals surface area contributed by atoms with E-state index in [0.29, 0.717) is 11.1 Å². The van der Waals surface area contributed by atoms with Crippen LogP contribution in [-0.2, 0) is 25.4 Å². The second-order valence-corrected chi connectivity index (χ2v) is 7.63. The Kier molecular flexibility index (Phi) is 8.31. The Hall–Kier alpha value is -3.35. The second kappa shape index (κ2) is 11.2. The Morgan fingerprint density at radius 3 is 2.26 bits per heavy atom. The van der Waals surface area contributed by atoms with Gasteiger partial charge >= 0.3 is 5.97 Å². The lowest BCUT2D eigenvalue weighted by Crippen LogP contribution is -2.60. The summed E-state index contributed by atoms with van der Waals surface area (Å²) in [6.45, 7) is -0.624. The standard InChI is InChI=1S/C23H26O11/c24-11-18-20(30)22(34-19(29)6-3-12-1-4-14(25)16(27)9-12)21(31)23(33-18)32-8-7-13-2-5-15(26)17(28)10-13/h1-6,9-10,18,20-28,30-31H,7-8,11H2/t18-,20+,21+,22-,23+/m0/s1. The Morgan fingerprint density at radius 1 is 0.941 bits per heavy atom. The lowest BCUT2D eigenvalue weighted by molar-refractivity contribution is -0.302. The molecule has 0 bridgehead atoms. The molecule has 7 N–H and O–H groups in total. The number of hydrogen-bond acceptors (Lipinski definition) is 11. The fourth-order valence-corrected chi connectivity index (χ4v) is 3.33. The second-order valence-electron chi connectivity index (χ2n) is 7.63. The molecule has 0 unspecified atom stereocenters. The summed E-state index contributed by atoms with van der Waals surface area (Å²) in [5.41, 5.74) is 1.02. The minimum atomic E-state index is -1.58. The summed E-state index contributed by atoms with van der Waals surface area (Å²) < 4.78 is 16.1. The van der Waals surface area contributed by atoms with Gasteiger partial charge in [-0.1, -0.05) is 12.1 Å². The normalized spacial score (nSPS) is 24.9. The zero-order valence-electron chi connectivity index (χ0n) is 17.9. The summed E-state index contributed by atoms with van der Waals surface area (Å²) in [6.07, 6.45) is -4.54. The molecule has 1 fully saturated rings. The van der Waals surface area contributed by atoms with Gasteiger partial charge < -0.3 is 50.0 Å². The van der Waals surface area contributed by atoms with Crippen LogP contribution in [-0.4, -0.2) is 85.6 Å². The van der Waals surface area contributed by atoms with Crippen LogP contribution in [0.1, 0.15) is 11.1 Å². The number of esters is 1. The number of benzene rings is 2. The molecule has 0 spiro atoms. The molecule has 11 nitrogen and oxygen atoms in total. The largest absolute Gasteiger partial charge is 0.504 e. The maximum Gasteiger partial charge on any atom is 0.331 e. The Morgan fingerprint density at radius 2 is 1.62 bits per heavy atom. The topological polar surface area (TPSA) is 186 Å². The lowest BCUT2D eigenvalue weighted by atomic mass is 9.99. The molecule has 1 aliphatic heterocycles. The first-order valence-corrected chi connectivity index (χ1v) is 10.3. The molecule has 0 aromatic heterocycles. The molecule has 184 valence electrons. The van der Waals surface area contributed by atoms with Gasteiger partial charge in [-0.3, -0.25) is 0 Å². The first kappa shape index (κ1) is 25.3. The zero-order chi connectivity index (χ0) is 24.8. The smallest absolute Gasteiger partial charge is 0.331 e. The third-order valence-electron chi connectivity index (χ3n) is 5.20. The number of phenols is 4. The van der Waals surface area contributed by atoms with E-state index >= 15 is 0 Å². The van der Waals surface area contributed by atoms with Crippen molar-refractivity contribution in [3.05, 3.63) is 53.6 Å². The highest BCUT2D eigenvalue weighted by atomic mass is 16.7. The highest BCUT2D eigenvalue weighted by molar-refractivity contribution is 5.87. The van der Waals surface area contributed by atoms with Crippen LogP contribution < -0.4 is 0 Å². The number of carbonyl (C=O) groups excluding carboxylic acids is 1. The quantitative estimate of drug-likeness (QED) is 0.155. The Labute approximate surface area is 194 Å². The molecule has 0 aliphatic carbocycles. The van der Waals surface area contributed by atoms with Crippen LogP contribution in [0.3, 0.4) is 0 Å². The van der Waals surface area contributed by atoms with Gasteiger partial charge in [0.15, 0.2) is 35.4 Å². The molecule has 0 amide bonds. The third-order valence-corrected chi connectivity index (χ3v) is 5.20. The molecular weight excluding hydrogens is 452 g/mol. The summed E-state index contributed by atoms with van der Waals surface area (Å²) in [7, 11) is 0. The molecule has 1 saturated heterocycles. The highest BCUT2D eigenvalue weighted by Crippen LogP contribution is 2.28. The molecular formula is C23H26O11. The molecule has 34 heavy (non-hydrogen) atoms. The van der Waals surface area contributed by atoms with Crippen molar-refractivity contribution in [2.45, 2.75) is 37.1 Å². The number of aliphatic hydroxyl groups is 3. The van der Waals surface area contributed by atoms with Gasteiger partial charge in [0, 0.05) is 6.08 Å². The van der Waals surface area contributed by atoms with Gasteiger partial charge in [0.05, 0.1) is 13.2 Å². The van der Waals surface area contributed by atoms with Crippen LogP contribution in [0.4, 0.5) is 0 Å². The van der Waals surface area contributed by atoms with E-state index in [2.05, 4.69) is 0 Å². The van der Waals surface area contributed by atoms with Crippen LogP contribution >= 0.6 is 0 Å². The lowest BCUT2D eigenvalue weighted by Gasteiger charge is -2.41. The van der Waals surface area contributed by atoms with Gasteiger partial charge in [-0.05, 0) is 47.9 Å². The van der Waals surface area contributed by atoms with E-state index in [1.54, 1.807) is 6.07 Å². The number of ether oxygens (including phenoxy) is 3. The number of aromatic hydroxyl groups is 4. The van der Waals surface area contributed by atoms with Crippen molar-refractivity contribution in [2.24, 2.45) is 0 Å². The van der Waals surface area contributed by atoms with E-state index in [9.17, 15) is 40.5 Å². The summed E-state index contributed by atoms with van der Waals surface area (Å²) in [5.74, 6) is -2.18. The molecule has 3 rings (SSSR count). The van der Waals surface area contributed by atoms with Crippen molar-refractivity contribution in [1.29, 1.82) is 0 Å². The fraction of sp³-hybridized carbons (Fsp3) is 0.348. The van der Waals surface area contributed by atoms with Crippen molar-refractivity contribution >= 4 is 12.0 Å². The molecule has 1 aliphatic rings. The average Bonchev–Trinajstić information content (AvgIpc) is 2.81. The van der Waals surface area contributed by atoms with Crippen LogP contribution in [0.5, 0.6) is 23.0 Å². The summed E-state index contributed by atoms with van der Waals surface area (Å²) in [4.78, 5) is 12.3. The van der Waals surface area contributed by atoms with E-state index in [-0.39, 0.29) is 36.0 Å². The monoisotopic (exact) mass is 478 g/mol. The predicted octanol–water partition coefficient (Wildman–Crippen LogP) is 0.132. The van der Waals surface area contributed by atoms with Crippen molar-refractivity contribution in [3.8, 4) is 23.0 Å². The van der Waals surface area contributed by atoms with E-state index in [1.807, 2.05) is 0 Å². The minimum absolute atomic E-state index is 0.00506. The van der Waals surface area contributed by atoms with Gasteiger partial charge in [0.1, 0.15) is 18.3 Å². The first-order valence-electron chi connectivity index (χ1n) is 10.3. The first-order chi connectivity index (χ1) is 16.2. The van der Waals surface area contributed by atoms with Crippen molar-refractivity contribution in [1.82, 2.24) is 0 Å². The Bertz CT molecular complexity index is 1020. The van der Waals surface area contributed by atoms with E-state index < -0.39 is 43.3 Å². The molecule has 2 aromatic rings. The summed E-state index contributed by atoms with van der Waals surface area (Å²) >= 11 is 0. The third kappa shape index (κ3) is 6.16. The fourth-order valence-electron chi connectivity index (χ4n) is 3.33. The zero-order valence-corrected chi connectivity index (χ0v) is 17.9. The molecule has 2 aromatic carbocycles. The number of hydrogen-bond donors (Lipinski definition) is 7. The van der Waals surface area contributed by atoms with E-state index in [1.165, 1.54) is 36.4 Å². The molecule has 11 heteroatoms. The van der Waals surface area contributed by atoms with Gasteiger partial charge in [0.2, 0.25) is 0 Å². The number of carbonyl (C=O) groups is 1. The highest BCUT2D eigenvalue weighted by Gasteiger charge is 2.47. The van der Waals surface area contributed by atoms with Gasteiger partial charge in [0.25, 0.3) is 0 Å². The van der Waals surface area contributed by atoms with Gasteiger partial charge in [-0.15, -0.1) is 0 Å². The number of rotatable bonds is 8. The van der Waals surface area contributed by atoms with Crippen molar-refractivity contribution in [3.63, 3.8) is 0 Å². The van der Waals surface area contributed by atoms with Crippen molar-refractivity contribution < 1.29 is 54.8 Å². The van der Waals surface area contributed by atoms with Crippen LogP contribution in [0.2, 0.25) is 0 Å². The summed E-state index contributed by atoms with van der Waals surface area (Å²) in [6, 6.07) is 8.13. The van der Waals surface area contributed by atoms with Crippen LogP contribution in [0.25, 0.3) is 6.08 Å². The minimum Gasteiger partial charge on any atom is -0.504 e. The molecule has 1 heterocycles. The SMILES string of the molecule is O=C(C=Cc1ccc(O)c(O)c1)O[C@@H]1[C@@H](O)[C@H](OCCc2ccc(O)c(O)c2)O[C@@H](CO)[C@H]1O. The molecule has 0 radical (unpaired) electrons. The van der Waals surface area contributed by atoms with Crippen LogP contribution in [0, 0.1) is 0 Å². The maximum absolute atomic E-state index is 12.3. The van der Waals surface area contributed by atoms with E-state index in [0.717, 1.165) is 6.08 Å². The summed E-state index contributed by atoms with van der Waals surface area (Å²) in [5, 5.41) is 68.2. The van der Waals surface area contributed by atoms with E-state index in [4.69, 9.17) is 14.2 Å². The average molecular weight is 478 g/mol.